The number of oxime groups is 1. The number of rotatable bonds is 4. The molecule has 1 aliphatic rings. The molecule has 1 fully saturated rings. The molecule has 3 nitrogen and oxygen atoms in total. The second-order valence-corrected chi connectivity index (χ2v) is 4.95. The van der Waals surface area contributed by atoms with Gasteiger partial charge < -0.3 is 5.21 Å². The predicted octanol–water partition coefficient (Wildman–Crippen LogP) is 2.60. The maximum atomic E-state index is 8.47. The first-order chi connectivity index (χ1) is 8.29. The van der Waals surface area contributed by atoms with Crippen LogP contribution in [-0.2, 0) is 6.54 Å². The van der Waals surface area contributed by atoms with E-state index in [0.717, 1.165) is 26.1 Å². The Morgan fingerprint density at radius 1 is 1.35 bits per heavy atom. The summed E-state index contributed by atoms with van der Waals surface area (Å²) < 4.78 is 0. The first-order valence-electron chi connectivity index (χ1n) is 6.21. The monoisotopic (exact) mass is 232 g/mol. The van der Waals surface area contributed by atoms with Gasteiger partial charge in [-0.1, -0.05) is 37.3 Å². The van der Waals surface area contributed by atoms with Gasteiger partial charge >= 0.3 is 0 Å². The normalized spacial score (nSPS) is 25.7. The van der Waals surface area contributed by atoms with Crippen molar-refractivity contribution < 1.29 is 5.21 Å². The minimum Gasteiger partial charge on any atom is -0.411 e. The standard InChI is InChI=1S/C14H20N2O/c1-12-9-16(11-14(12)7-8-15-17)10-13-5-3-2-4-6-13/h2-6,8,12,14,17H,7,9-11H2,1H3. The van der Waals surface area contributed by atoms with Crippen molar-refractivity contribution in [3.05, 3.63) is 35.9 Å². The molecule has 2 atom stereocenters. The molecule has 1 aliphatic heterocycles. The van der Waals surface area contributed by atoms with E-state index in [2.05, 4.69) is 47.3 Å². The molecule has 3 heteroatoms. The summed E-state index contributed by atoms with van der Waals surface area (Å²) in [5, 5.41) is 11.6. The van der Waals surface area contributed by atoms with Gasteiger partial charge in [0.2, 0.25) is 0 Å². The highest BCUT2D eigenvalue weighted by molar-refractivity contribution is 5.56. The second kappa shape index (κ2) is 5.82. The highest BCUT2D eigenvalue weighted by atomic mass is 16.4. The lowest BCUT2D eigenvalue weighted by Gasteiger charge is -2.15. The van der Waals surface area contributed by atoms with Crippen LogP contribution in [0.3, 0.4) is 0 Å². The molecular weight excluding hydrogens is 212 g/mol. The lowest BCUT2D eigenvalue weighted by molar-refractivity contribution is 0.311. The molecule has 0 aromatic heterocycles. The van der Waals surface area contributed by atoms with Gasteiger partial charge in [-0.2, -0.15) is 0 Å². The van der Waals surface area contributed by atoms with E-state index in [1.165, 1.54) is 5.56 Å². The molecule has 92 valence electrons. The molecule has 0 bridgehead atoms. The molecule has 0 amide bonds. The fraction of sp³-hybridized carbons (Fsp3) is 0.500. The van der Waals surface area contributed by atoms with Gasteiger partial charge in [-0.05, 0) is 23.8 Å². The van der Waals surface area contributed by atoms with E-state index in [9.17, 15) is 0 Å². The van der Waals surface area contributed by atoms with Crippen molar-refractivity contribution in [2.75, 3.05) is 13.1 Å². The Bertz CT molecular complexity index is 364. The molecule has 0 saturated carbocycles. The molecule has 0 spiro atoms. The largest absolute Gasteiger partial charge is 0.411 e. The Labute approximate surface area is 103 Å². The van der Waals surface area contributed by atoms with Crippen LogP contribution in [0, 0.1) is 11.8 Å². The number of hydrogen-bond acceptors (Lipinski definition) is 3. The van der Waals surface area contributed by atoms with Gasteiger partial charge in [0.25, 0.3) is 0 Å². The molecule has 0 radical (unpaired) electrons. The third-order valence-electron chi connectivity index (χ3n) is 3.58. The third-order valence-corrected chi connectivity index (χ3v) is 3.58. The van der Waals surface area contributed by atoms with E-state index in [1.54, 1.807) is 6.21 Å². The zero-order chi connectivity index (χ0) is 12.1. The highest BCUT2D eigenvalue weighted by Crippen LogP contribution is 2.26. The minimum absolute atomic E-state index is 0.620. The van der Waals surface area contributed by atoms with Crippen molar-refractivity contribution in [2.45, 2.75) is 19.9 Å². The average molecular weight is 232 g/mol. The van der Waals surface area contributed by atoms with Crippen molar-refractivity contribution in [1.82, 2.24) is 4.90 Å². The van der Waals surface area contributed by atoms with Gasteiger partial charge in [0.05, 0.1) is 0 Å². The van der Waals surface area contributed by atoms with Gasteiger partial charge in [0, 0.05) is 25.8 Å². The van der Waals surface area contributed by atoms with Crippen LogP contribution in [0.1, 0.15) is 18.9 Å². The Kier molecular flexibility index (Phi) is 4.15. The number of nitrogens with zero attached hydrogens (tertiary/aromatic N) is 2. The summed E-state index contributed by atoms with van der Waals surface area (Å²) >= 11 is 0. The first kappa shape index (κ1) is 12.1. The van der Waals surface area contributed by atoms with Crippen LogP contribution < -0.4 is 0 Å². The molecule has 1 N–H and O–H groups in total. The van der Waals surface area contributed by atoms with E-state index in [-0.39, 0.29) is 0 Å². The second-order valence-electron chi connectivity index (χ2n) is 4.95. The maximum Gasteiger partial charge on any atom is 0.0439 e. The summed E-state index contributed by atoms with van der Waals surface area (Å²) in [5.41, 5.74) is 1.37. The number of hydrogen-bond donors (Lipinski definition) is 1. The van der Waals surface area contributed by atoms with E-state index in [4.69, 9.17) is 5.21 Å². The Morgan fingerprint density at radius 3 is 2.82 bits per heavy atom. The summed E-state index contributed by atoms with van der Waals surface area (Å²) in [6.07, 6.45) is 2.50. The SMILES string of the molecule is CC1CN(Cc2ccccc2)CC1CC=NO. The summed E-state index contributed by atoms with van der Waals surface area (Å²) in [6.45, 7) is 5.54. The summed E-state index contributed by atoms with van der Waals surface area (Å²) in [5.74, 6) is 1.30. The Balaban J connectivity index is 1.88. The van der Waals surface area contributed by atoms with Crippen molar-refractivity contribution >= 4 is 6.21 Å². The quantitative estimate of drug-likeness (QED) is 0.492. The number of likely N-dealkylation sites (tertiary alicyclic amines) is 1. The van der Waals surface area contributed by atoms with Gasteiger partial charge in [-0.3, -0.25) is 4.90 Å². The van der Waals surface area contributed by atoms with Crippen LogP contribution >= 0.6 is 0 Å². The van der Waals surface area contributed by atoms with Crippen molar-refractivity contribution in [3.8, 4) is 0 Å². The molecule has 2 unspecified atom stereocenters. The summed E-state index contributed by atoms with van der Waals surface area (Å²) in [7, 11) is 0. The number of benzene rings is 1. The van der Waals surface area contributed by atoms with Crippen LogP contribution in [0.2, 0.25) is 0 Å². The smallest absolute Gasteiger partial charge is 0.0439 e. The molecule has 1 aromatic rings. The van der Waals surface area contributed by atoms with Gasteiger partial charge in [0.1, 0.15) is 0 Å². The first-order valence-corrected chi connectivity index (χ1v) is 6.21. The van der Waals surface area contributed by atoms with Gasteiger partial charge in [-0.25, -0.2) is 0 Å². The van der Waals surface area contributed by atoms with Crippen LogP contribution in [-0.4, -0.2) is 29.4 Å². The summed E-state index contributed by atoms with van der Waals surface area (Å²) in [6, 6.07) is 10.6. The average Bonchev–Trinajstić information content (AvgIpc) is 2.68. The fourth-order valence-corrected chi connectivity index (χ4v) is 2.60. The molecule has 1 aromatic carbocycles. The van der Waals surface area contributed by atoms with E-state index < -0.39 is 0 Å². The van der Waals surface area contributed by atoms with E-state index in [1.807, 2.05) is 0 Å². The summed E-state index contributed by atoms with van der Waals surface area (Å²) in [4.78, 5) is 2.48. The Morgan fingerprint density at radius 2 is 2.12 bits per heavy atom. The van der Waals surface area contributed by atoms with Crippen molar-refractivity contribution in [3.63, 3.8) is 0 Å². The Hall–Kier alpha value is -1.35. The van der Waals surface area contributed by atoms with Gasteiger partial charge in [-0.15, -0.1) is 5.16 Å². The molecule has 17 heavy (non-hydrogen) atoms. The highest BCUT2D eigenvalue weighted by Gasteiger charge is 2.28. The molecule has 0 aliphatic carbocycles. The van der Waals surface area contributed by atoms with Gasteiger partial charge in [0.15, 0.2) is 0 Å². The lowest BCUT2D eigenvalue weighted by Crippen LogP contribution is -2.20. The van der Waals surface area contributed by atoms with E-state index >= 15 is 0 Å². The van der Waals surface area contributed by atoms with E-state index in [0.29, 0.717) is 11.8 Å². The van der Waals surface area contributed by atoms with Crippen molar-refractivity contribution in [1.29, 1.82) is 0 Å². The molecule has 1 heterocycles. The van der Waals surface area contributed by atoms with Crippen molar-refractivity contribution in [2.24, 2.45) is 17.0 Å². The zero-order valence-corrected chi connectivity index (χ0v) is 10.3. The zero-order valence-electron chi connectivity index (χ0n) is 10.3. The minimum atomic E-state index is 0.620. The van der Waals surface area contributed by atoms with Crippen LogP contribution in [0.5, 0.6) is 0 Å². The molecular formula is C14H20N2O. The third kappa shape index (κ3) is 3.30. The fourth-order valence-electron chi connectivity index (χ4n) is 2.60. The lowest BCUT2D eigenvalue weighted by atomic mass is 9.95. The van der Waals surface area contributed by atoms with Crippen LogP contribution in [0.15, 0.2) is 35.5 Å². The topological polar surface area (TPSA) is 35.8 Å². The van der Waals surface area contributed by atoms with Crippen LogP contribution in [0.25, 0.3) is 0 Å². The van der Waals surface area contributed by atoms with Crippen LogP contribution in [0.4, 0.5) is 0 Å². The maximum absolute atomic E-state index is 8.47. The molecule has 2 rings (SSSR count). The predicted molar refractivity (Wildman–Crippen MR) is 69.3 cm³/mol. The molecule has 1 saturated heterocycles.